The van der Waals surface area contributed by atoms with Crippen LogP contribution < -0.4 is 16.0 Å². The van der Waals surface area contributed by atoms with E-state index in [2.05, 4.69) is 20.9 Å². The number of carbonyl (C=O) groups excluding carboxylic acids is 4. The molecule has 2 aliphatic heterocycles. The maximum absolute atomic E-state index is 14.0. The lowest BCUT2D eigenvalue weighted by atomic mass is 9.99. The van der Waals surface area contributed by atoms with Crippen molar-refractivity contribution in [1.82, 2.24) is 25.8 Å². The maximum Gasteiger partial charge on any atom is 0.246 e. The molecule has 3 aromatic carbocycles. The third kappa shape index (κ3) is 6.35. The molecule has 0 spiro atoms. The van der Waals surface area contributed by atoms with Gasteiger partial charge in [-0.3, -0.25) is 19.2 Å². The summed E-state index contributed by atoms with van der Waals surface area (Å²) in [6.45, 7) is -0.0492. The lowest BCUT2D eigenvalue weighted by molar-refractivity contribution is -0.143. The van der Waals surface area contributed by atoms with Gasteiger partial charge in [-0.15, -0.1) is 0 Å². The first-order valence-corrected chi connectivity index (χ1v) is 14.9. The Bertz CT molecular complexity index is 1660. The van der Waals surface area contributed by atoms with Crippen molar-refractivity contribution < 1.29 is 24.3 Å². The molecule has 226 valence electrons. The highest BCUT2D eigenvalue weighted by molar-refractivity contribution is 5.98. The number of nitrogens with one attached hydrogen (secondary N) is 4. The third-order valence-electron chi connectivity index (χ3n) is 8.41. The zero-order valence-electron chi connectivity index (χ0n) is 24.1. The highest BCUT2D eigenvalue weighted by Crippen LogP contribution is 2.23. The number of fused-ring (bicyclic) bond motifs is 2. The monoisotopic (exact) mass is 593 g/mol. The van der Waals surface area contributed by atoms with Crippen molar-refractivity contribution in [3.63, 3.8) is 0 Å². The van der Waals surface area contributed by atoms with Gasteiger partial charge in [0.2, 0.25) is 23.6 Å². The first kappa shape index (κ1) is 29.1. The van der Waals surface area contributed by atoms with Gasteiger partial charge in [-0.1, -0.05) is 78.9 Å². The van der Waals surface area contributed by atoms with Crippen LogP contribution in [-0.4, -0.2) is 75.4 Å². The van der Waals surface area contributed by atoms with Gasteiger partial charge in [-0.2, -0.15) is 0 Å². The van der Waals surface area contributed by atoms with Crippen LogP contribution in [0.4, 0.5) is 0 Å². The van der Waals surface area contributed by atoms with Gasteiger partial charge in [0.15, 0.2) is 0 Å². The molecule has 0 unspecified atom stereocenters. The van der Waals surface area contributed by atoms with E-state index in [1.165, 1.54) is 4.90 Å². The molecule has 4 aromatic rings. The minimum Gasteiger partial charge on any atom is -0.391 e. The number of aromatic nitrogens is 1. The number of hydrogen-bond acceptors (Lipinski definition) is 5. The summed E-state index contributed by atoms with van der Waals surface area (Å²) < 4.78 is 0. The van der Waals surface area contributed by atoms with Crippen molar-refractivity contribution in [2.45, 2.75) is 56.0 Å². The summed E-state index contributed by atoms with van der Waals surface area (Å²) in [6, 6.07) is 22.2. The van der Waals surface area contributed by atoms with Crippen molar-refractivity contribution in [2.24, 2.45) is 0 Å². The molecular formula is C34H35N5O5. The summed E-state index contributed by atoms with van der Waals surface area (Å²) in [6.07, 6.45) is 1.45. The summed E-state index contributed by atoms with van der Waals surface area (Å²) >= 11 is 0. The topological polar surface area (TPSA) is 144 Å². The molecule has 0 saturated carbocycles. The van der Waals surface area contributed by atoms with Crippen LogP contribution in [0.2, 0.25) is 0 Å². The normalized spacial score (nSPS) is 24.6. The molecule has 2 aliphatic rings. The second-order valence-electron chi connectivity index (χ2n) is 11.5. The number of benzene rings is 3. The molecule has 0 bridgehead atoms. The molecule has 10 heteroatoms. The molecule has 10 nitrogen and oxygen atoms in total. The smallest absolute Gasteiger partial charge is 0.246 e. The Kier molecular flexibility index (Phi) is 8.42. The molecule has 6 rings (SSSR count). The fraction of sp³-hybridized carbons (Fsp3) is 0.294. The number of H-pyrrole nitrogens is 1. The number of nitrogens with zero attached hydrogens (tertiary/aromatic N) is 1. The average Bonchev–Trinajstić information content (AvgIpc) is 3.63. The van der Waals surface area contributed by atoms with Gasteiger partial charge in [0.05, 0.1) is 6.10 Å². The summed E-state index contributed by atoms with van der Waals surface area (Å²) in [7, 11) is 0. The van der Waals surface area contributed by atoms with Crippen LogP contribution in [0, 0.1) is 0 Å². The van der Waals surface area contributed by atoms with Crippen LogP contribution in [0.3, 0.4) is 0 Å². The average molecular weight is 594 g/mol. The van der Waals surface area contributed by atoms with E-state index in [0.717, 1.165) is 27.6 Å². The van der Waals surface area contributed by atoms with Crippen LogP contribution in [0.25, 0.3) is 10.9 Å². The van der Waals surface area contributed by atoms with Gasteiger partial charge < -0.3 is 30.9 Å². The molecule has 1 aromatic heterocycles. The Hall–Kier alpha value is -4.96. The van der Waals surface area contributed by atoms with E-state index in [4.69, 9.17) is 0 Å². The molecule has 0 aliphatic carbocycles. The lowest BCUT2D eigenvalue weighted by Gasteiger charge is -2.32. The molecule has 5 atom stereocenters. The fourth-order valence-corrected chi connectivity index (χ4v) is 6.16. The van der Waals surface area contributed by atoms with E-state index in [1.54, 1.807) is 0 Å². The van der Waals surface area contributed by atoms with Gasteiger partial charge >= 0.3 is 0 Å². The van der Waals surface area contributed by atoms with E-state index in [1.807, 2.05) is 91.1 Å². The molecule has 2 fully saturated rings. The molecule has 4 amide bonds. The molecule has 5 N–H and O–H groups in total. The van der Waals surface area contributed by atoms with Crippen LogP contribution in [0.5, 0.6) is 0 Å². The standard InChI is InChI=1S/C34H35N5O5/c40-24-18-30-33(43)37-27(15-21-9-3-1-4-10-21)31(41)36-28(17-23-19-35-26-14-8-7-13-25(23)26)32(42)38-29(34(44)39(30)20-24)16-22-11-5-2-6-12-22/h1-14,19,24,27-30,35,40H,15-18,20H2,(H,36,41)(H,37,43)(H,38,42)/t24-,27-,28-,29-,30+/m0/s1. The van der Waals surface area contributed by atoms with E-state index in [0.29, 0.717) is 0 Å². The second kappa shape index (κ2) is 12.7. The fourth-order valence-electron chi connectivity index (χ4n) is 6.16. The minimum absolute atomic E-state index is 0.0342. The van der Waals surface area contributed by atoms with E-state index in [-0.39, 0.29) is 32.2 Å². The van der Waals surface area contributed by atoms with Crippen molar-refractivity contribution in [1.29, 1.82) is 0 Å². The van der Waals surface area contributed by atoms with Gasteiger partial charge in [0.1, 0.15) is 24.2 Å². The Labute approximate surface area is 254 Å². The van der Waals surface area contributed by atoms with E-state index < -0.39 is 53.9 Å². The molecule has 2 saturated heterocycles. The summed E-state index contributed by atoms with van der Waals surface area (Å²) in [4.78, 5) is 60.2. The number of hydrogen-bond donors (Lipinski definition) is 5. The number of amides is 4. The first-order chi connectivity index (χ1) is 21.4. The number of rotatable bonds is 6. The highest BCUT2D eigenvalue weighted by atomic mass is 16.3. The zero-order chi connectivity index (χ0) is 30.6. The molecule has 3 heterocycles. The van der Waals surface area contributed by atoms with Crippen molar-refractivity contribution in [3.8, 4) is 0 Å². The highest BCUT2D eigenvalue weighted by Gasteiger charge is 2.43. The summed E-state index contributed by atoms with van der Waals surface area (Å²) in [5.41, 5.74) is 3.36. The number of carbonyl (C=O) groups is 4. The summed E-state index contributed by atoms with van der Waals surface area (Å²) in [5, 5.41) is 20.1. The molecule has 44 heavy (non-hydrogen) atoms. The Morgan fingerprint density at radius 3 is 1.89 bits per heavy atom. The minimum atomic E-state index is -1.04. The molecule has 0 radical (unpaired) electrons. The lowest BCUT2D eigenvalue weighted by Crippen LogP contribution is -2.62. The number of aliphatic hydroxyl groups excluding tert-OH is 1. The Balaban J connectivity index is 1.37. The largest absolute Gasteiger partial charge is 0.391 e. The van der Waals surface area contributed by atoms with Gasteiger partial charge in [0, 0.05) is 49.3 Å². The second-order valence-corrected chi connectivity index (χ2v) is 11.5. The van der Waals surface area contributed by atoms with Crippen LogP contribution in [0.1, 0.15) is 23.1 Å². The number of para-hydroxylation sites is 1. The number of aliphatic hydroxyl groups is 1. The van der Waals surface area contributed by atoms with Gasteiger partial charge in [-0.25, -0.2) is 0 Å². The predicted molar refractivity (Wildman–Crippen MR) is 164 cm³/mol. The Morgan fingerprint density at radius 1 is 0.659 bits per heavy atom. The van der Waals surface area contributed by atoms with Gasteiger partial charge in [-0.05, 0) is 22.8 Å². The van der Waals surface area contributed by atoms with Crippen molar-refractivity contribution in [3.05, 3.63) is 108 Å². The SMILES string of the molecule is O=C1N[C@@H](Cc2ccccc2)C(=O)N2C[C@@H](O)C[C@@H]2C(=O)N[C@@H](Cc2ccccc2)C(=O)N[C@H]1Cc1c[nH]c2ccccc12. The van der Waals surface area contributed by atoms with E-state index in [9.17, 15) is 24.3 Å². The maximum atomic E-state index is 14.0. The summed E-state index contributed by atoms with van der Waals surface area (Å²) in [5.74, 6) is -2.01. The van der Waals surface area contributed by atoms with Crippen LogP contribution in [0.15, 0.2) is 91.1 Å². The molecular weight excluding hydrogens is 558 g/mol. The number of aromatic amines is 1. The zero-order valence-corrected chi connectivity index (χ0v) is 24.1. The van der Waals surface area contributed by atoms with E-state index >= 15 is 0 Å². The predicted octanol–water partition coefficient (Wildman–Crippen LogP) is 1.63. The van der Waals surface area contributed by atoms with Crippen LogP contribution >= 0.6 is 0 Å². The van der Waals surface area contributed by atoms with Crippen molar-refractivity contribution >= 4 is 34.5 Å². The third-order valence-corrected chi connectivity index (χ3v) is 8.41. The van der Waals surface area contributed by atoms with Crippen LogP contribution in [-0.2, 0) is 38.4 Å². The first-order valence-electron chi connectivity index (χ1n) is 14.9. The van der Waals surface area contributed by atoms with Crippen molar-refractivity contribution in [2.75, 3.05) is 6.54 Å². The Morgan fingerprint density at radius 2 is 1.20 bits per heavy atom. The quantitative estimate of drug-likeness (QED) is 0.231. The van der Waals surface area contributed by atoms with Gasteiger partial charge in [0.25, 0.3) is 0 Å².